The van der Waals surface area contributed by atoms with Crippen LogP contribution in [0.2, 0.25) is 0 Å². The topological polar surface area (TPSA) is 69.0 Å². The molecular formula is C23H28N4O2S. The fourth-order valence-electron chi connectivity index (χ4n) is 3.00. The summed E-state index contributed by atoms with van der Waals surface area (Å²) >= 11 is 1.61. The summed E-state index contributed by atoms with van der Waals surface area (Å²) in [6.07, 6.45) is 1.26. The maximum absolute atomic E-state index is 12.0. The minimum Gasteiger partial charge on any atom is -0.497 e. The van der Waals surface area contributed by atoms with Crippen LogP contribution >= 0.6 is 11.8 Å². The summed E-state index contributed by atoms with van der Waals surface area (Å²) in [5.41, 5.74) is 1.72. The average Bonchev–Trinajstić information content (AvgIpc) is 3.14. The van der Waals surface area contributed by atoms with Crippen molar-refractivity contribution in [3.05, 3.63) is 54.6 Å². The first-order valence-corrected chi connectivity index (χ1v) is 10.9. The second-order valence-corrected chi connectivity index (χ2v) is 9.02. The Morgan fingerprint density at radius 1 is 1.10 bits per heavy atom. The molecule has 0 saturated heterocycles. The first-order valence-electron chi connectivity index (χ1n) is 9.96. The maximum Gasteiger partial charge on any atom is 0.220 e. The fraction of sp³-hybridized carbons (Fsp3) is 0.348. The Morgan fingerprint density at radius 2 is 1.87 bits per heavy atom. The van der Waals surface area contributed by atoms with E-state index in [1.807, 2.05) is 75.4 Å². The first-order chi connectivity index (χ1) is 14.4. The molecular weight excluding hydrogens is 396 g/mol. The number of methoxy groups -OCH3 is 1. The molecule has 1 N–H and O–H groups in total. The summed E-state index contributed by atoms with van der Waals surface area (Å²) in [6, 6.07) is 17.9. The monoisotopic (exact) mass is 424 g/mol. The van der Waals surface area contributed by atoms with Crippen LogP contribution in [-0.4, -0.2) is 39.1 Å². The lowest BCUT2D eigenvalue weighted by Crippen LogP contribution is -2.40. The van der Waals surface area contributed by atoms with Gasteiger partial charge in [-0.05, 0) is 51.5 Å². The molecule has 6 nitrogen and oxygen atoms in total. The van der Waals surface area contributed by atoms with Gasteiger partial charge in [-0.1, -0.05) is 42.1 Å². The van der Waals surface area contributed by atoms with Crippen LogP contribution in [0.15, 0.2) is 59.8 Å². The van der Waals surface area contributed by atoms with Gasteiger partial charge in [-0.25, -0.2) is 0 Å². The highest BCUT2D eigenvalue weighted by molar-refractivity contribution is 7.99. The van der Waals surface area contributed by atoms with Crippen LogP contribution in [0.5, 0.6) is 5.75 Å². The molecule has 30 heavy (non-hydrogen) atoms. The van der Waals surface area contributed by atoms with E-state index in [0.29, 0.717) is 6.42 Å². The summed E-state index contributed by atoms with van der Waals surface area (Å²) in [4.78, 5) is 12.0. The molecule has 0 atom stereocenters. The van der Waals surface area contributed by atoms with Crippen LogP contribution in [-0.2, 0) is 4.79 Å². The number of para-hydroxylation sites is 1. The highest BCUT2D eigenvalue weighted by atomic mass is 32.2. The molecule has 158 valence electrons. The molecule has 0 unspecified atom stereocenters. The van der Waals surface area contributed by atoms with Crippen molar-refractivity contribution in [2.24, 2.45) is 0 Å². The number of carbonyl (C=O) groups excluding carboxylic acids is 1. The second-order valence-electron chi connectivity index (χ2n) is 7.96. The largest absolute Gasteiger partial charge is 0.497 e. The Morgan fingerprint density at radius 3 is 2.57 bits per heavy atom. The van der Waals surface area contributed by atoms with Gasteiger partial charge in [0.25, 0.3) is 0 Å². The molecule has 0 aliphatic rings. The number of rotatable bonds is 8. The summed E-state index contributed by atoms with van der Waals surface area (Å²) in [7, 11) is 1.65. The third-order valence-corrected chi connectivity index (χ3v) is 5.28. The molecule has 3 aromatic rings. The third-order valence-electron chi connectivity index (χ3n) is 4.27. The van der Waals surface area contributed by atoms with Crippen molar-refractivity contribution >= 4 is 17.7 Å². The summed E-state index contributed by atoms with van der Waals surface area (Å²) in [5, 5.41) is 12.7. The van der Waals surface area contributed by atoms with Crippen molar-refractivity contribution in [1.29, 1.82) is 0 Å². The van der Waals surface area contributed by atoms with Crippen molar-refractivity contribution in [2.75, 3.05) is 12.9 Å². The van der Waals surface area contributed by atoms with Crippen molar-refractivity contribution in [1.82, 2.24) is 20.1 Å². The number of ether oxygens (including phenoxy) is 1. The molecule has 0 radical (unpaired) electrons. The molecule has 0 aliphatic carbocycles. The highest BCUT2D eigenvalue weighted by Crippen LogP contribution is 2.30. The van der Waals surface area contributed by atoms with Gasteiger partial charge in [0, 0.05) is 29.0 Å². The van der Waals surface area contributed by atoms with Gasteiger partial charge in [0.1, 0.15) is 5.75 Å². The van der Waals surface area contributed by atoms with Gasteiger partial charge in [-0.3, -0.25) is 9.36 Å². The lowest BCUT2D eigenvalue weighted by atomic mass is 10.1. The van der Waals surface area contributed by atoms with E-state index in [1.54, 1.807) is 18.9 Å². The molecule has 1 amide bonds. The van der Waals surface area contributed by atoms with E-state index in [-0.39, 0.29) is 11.4 Å². The zero-order valence-corrected chi connectivity index (χ0v) is 18.7. The molecule has 0 bridgehead atoms. The van der Waals surface area contributed by atoms with E-state index in [1.165, 1.54) is 0 Å². The zero-order valence-electron chi connectivity index (χ0n) is 17.9. The van der Waals surface area contributed by atoms with Gasteiger partial charge in [0.15, 0.2) is 11.0 Å². The Labute approximate surface area is 182 Å². The molecule has 7 heteroatoms. The first kappa shape index (κ1) is 21.9. The van der Waals surface area contributed by atoms with Crippen molar-refractivity contribution in [2.45, 2.75) is 44.3 Å². The van der Waals surface area contributed by atoms with Crippen LogP contribution in [0.4, 0.5) is 0 Å². The second kappa shape index (κ2) is 9.80. The molecule has 0 spiro atoms. The van der Waals surface area contributed by atoms with Crippen LogP contribution < -0.4 is 10.1 Å². The van der Waals surface area contributed by atoms with E-state index in [2.05, 4.69) is 20.1 Å². The number of amides is 1. The van der Waals surface area contributed by atoms with Gasteiger partial charge in [0.2, 0.25) is 5.91 Å². The molecule has 1 aromatic heterocycles. The van der Waals surface area contributed by atoms with Gasteiger partial charge in [-0.2, -0.15) is 0 Å². The molecule has 0 aliphatic heterocycles. The molecule has 2 aromatic carbocycles. The van der Waals surface area contributed by atoms with E-state index >= 15 is 0 Å². The maximum atomic E-state index is 12.0. The number of hydrogen-bond donors (Lipinski definition) is 1. The van der Waals surface area contributed by atoms with Crippen molar-refractivity contribution in [3.63, 3.8) is 0 Å². The van der Waals surface area contributed by atoms with E-state index in [4.69, 9.17) is 4.74 Å². The Hall–Kier alpha value is -2.80. The molecule has 3 rings (SSSR count). The Bertz CT molecular complexity index is 980. The van der Waals surface area contributed by atoms with Crippen LogP contribution in [0.25, 0.3) is 17.1 Å². The normalized spacial score (nSPS) is 11.3. The lowest BCUT2D eigenvalue weighted by Gasteiger charge is -2.20. The highest BCUT2D eigenvalue weighted by Gasteiger charge is 2.17. The minimum absolute atomic E-state index is 0.0738. The van der Waals surface area contributed by atoms with Crippen LogP contribution in [0, 0.1) is 0 Å². The predicted octanol–water partition coefficient (Wildman–Crippen LogP) is 4.73. The van der Waals surface area contributed by atoms with Crippen molar-refractivity contribution in [3.8, 4) is 22.8 Å². The number of carbonyl (C=O) groups is 1. The Kier molecular flexibility index (Phi) is 7.15. The smallest absolute Gasteiger partial charge is 0.220 e. The number of nitrogens with zero attached hydrogens (tertiary/aromatic N) is 3. The number of benzene rings is 2. The average molecular weight is 425 g/mol. The van der Waals surface area contributed by atoms with Gasteiger partial charge in [0.05, 0.1) is 7.11 Å². The molecule has 0 fully saturated rings. The number of thioether (sulfide) groups is 1. The van der Waals surface area contributed by atoms with E-state index in [9.17, 15) is 4.79 Å². The summed E-state index contributed by atoms with van der Waals surface area (Å²) in [6.45, 7) is 5.96. The van der Waals surface area contributed by atoms with Crippen LogP contribution in [0.3, 0.4) is 0 Å². The fourth-order valence-corrected chi connectivity index (χ4v) is 3.89. The number of hydrogen-bond acceptors (Lipinski definition) is 5. The van der Waals surface area contributed by atoms with E-state index < -0.39 is 0 Å². The molecule has 1 heterocycles. The SMILES string of the molecule is COc1cccc(-c2nnc(SCCCC(=O)NC(C)(C)C)n2-c2ccccc2)c1. The third kappa shape index (κ3) is 5.86. The summed E-state index contributed by atoms with van der Waals surface area (Å²) in [5.74, 6) is 2.38. The minimum atomic E-state index is -0.205. The quantitative estimate of drug-likeness (QED) is 0.418. The number of aromatic nitrogens is 3. The molecule has 0 saturated carbocycles. The number of nitrogens with one attached hydrogen (secondary N) is 1. The van der Waals surface area contributed by atoms with Crippen LogP contribution in [0.1, 0.15) is 33.6 Å². The zero-order chi connectivity index (χ0) is 21.6. The Balaban J connectivity index is 1.78. The predicted molar refractivity (Wildman–Crippen MR) is 121 cm³/mol. The summed E-state index contributed by atoms with van der Waals surface area (Å²) < 4.78 is 7.41. The van der Waals surface area contributed by atoms with E-state index in [0.717, 1.165) is 40.2 Å². The lowest BCUT2D eigenvalue weighted by molar-refractivity contribution is -0.122. The van der Waals surface area contributed by atoms with Crippen molar-refractivity contribution < 1.29 is 9.53 Å². The van der Waals surface area contributed by atoms with Gasteiger partial charge < -0.3 is 10.1 Å². The standard InChI is InChI=1S/C23H28N4O2S/c1-23(2,3)24-20(28)14-9-15-30-22-26-25-21(17-10-8-13-19(16-17)29-4)27(22)18-11-6-5-7-12-18/h5-8,10-13,16H,9,14-15H2,1-4H3,(H,24,28). The van der Waals surface area contributed by atoms with Gasteiger partial charge >= 0.3 is 0 Å². The van der Waals surface area contributed by atoms with Gasteiger partial charge in [-0.15, -0.1) is 10.2 Å².